The van der Waals surface area contributed by atoms with Crippen LogP contribution in [0.15, 0.2) is 48.5 Å². The van der Waals surface area contributed by atoms with Crippen molar-refractivity contribution >= 4 is 34.6 Å². The number of nitrogens with two attached hydrogens (primary N) is 1. The minimum Gasteiger partial charge on any atom is -0.507 e. The van der Waals surface area contributed by atoms with Gasteiger partial charge in [0.15, 0.2) is 0 Å². The average Bonchev–Trinajstić information content (AvgIpc) is 2.69. The van der Waals surface area contributed by atoms with Crippen LogP contribution < -0.4 is 11.1 Å². The van der Waals surface area contributed by atoms with Crippen LogP contribution in [0.3, 0.4) is 0 Å². The number of nitrogen functional groups attached to an aromatic ring is 1. The number of anilines is 3. The van der Waals surface area contributed by atoms with Gasteiger partial charge in [0, 0.05) is 11.4 Å². The lowest BCUT2D eigenvalue weighted by Crippen LogP contribution is -2.24. The molecule has 144 valence electrons. The van der Waals surface area contributed by atoms with Crippen molar-refractivity contribution in [1.82, 2.24) is 0 Å². The molecule has 0 amide bonds. The molecule has 3 aromatic carbocycles. The SMILES string of the molecule is Nc1ccc(O)c2c1C(=O)c1c(O)ccc(Nc3cccc(C(=O)O)c3)c1C2=O. The summed E-state index contributed by atoms with van der Waals surface area (Å²) < 4.78 is 0. The van der Waals surface area contributed by atoms with Gasteiger partial charge >= 0.3 is 5.97 Å². The van der Waals surface area contributed by atoms with Crippen molar-refractivity contribution in [2.45, 2.75) is 0 Å². The van der Waals surface area contributed by atoms with Crippen LogP contribution in [0, 0.1) is 0 Å². The molecule has 0 heterocycles. The predicted octanol–water partition coefficient (Wildman–Crippen LogP) is 2.90. The number of ketones is 2. The Bertz CT molecular complexity index is 1230. The molecule has 8 nitrogen and oxygen atoms in total. The van der Waals surface area contributed by atoms with Crippen LogP contribution in [-0.2, 0) is 0 Å². The van der Waals surface area contributed by atoms with Crippen LogP contribution in [0.25, 0.3) is 0 Å². The zero-order valence-electron chi connectivity index (χ0n) is 14.8. The molecular formula is C21H14N2O6. The lowest BCUT2D eigenvalue weighted by atomic mass is 9.81. The Hall–Kier alpha value is -4.33. The van der Waals surface area contributed by atoms with Gasteiger partial charge in [-0.05, 0) is 42.5 Å². The van der Waals surface area contributed by atoms with Crippen molar-refractivity contribution in [2.24, 2.45) is 0 Å². The molecule has 4 rings (SSSR count). The average molecular weight is 390 g/mol. The highest BCUT2D eigenvalue weighted by atomic mass is 16.4. The van der Waals surface area contributed by atoms with Gasteiger partial charge in [-0.15, -0.1) is 0 Å². The van der Waals surface area contributed by atoms with Crippen molar-refractivity contribution in [3.63, 3.8) is 0 Å². The largest absolute Gasteiger partial charge is 0.507 e. The quantitative estimate of drug-likeness (QED) is 0.265. The maximum absolute atomic E-state index is 13.2. The smallest absolute Gasteiger partial charge is 0.335 e. The molecule has 1 aliphatic carbocycles. The number of aromatic carboxylic acids is 1. The van der Waals surface area contributed by atoms with Gasteiger partial charge in [-0.2, -0.15) is 0 Å². The van der Waals surface area contributed by atoms with E-state index in [9.17, 15) is 24.6 Å². The number of aromatic hydroxyl groups is 2. The molecule has 0 bridgehead atoms. The molecule has 0 atom stereocenters. The molecule has 6 N–H and O–H groups in total. The van der Waals surface area contributed by atoms with E-state index in [4.69, 9.17) is 10.8 Å². The lowest BCUT2D eigenvalue weighted by molar-refractivity contribution is 0.0696. The number of carbonyl (C=O) groups is 3. The molecule has 0 aliphatic heterocycles. The van der Waals surface area contributed by atoms with E-state index in [1.54, 1.807) is 6.07 Å². The summed E-state index contributed by atoms with van der Waals surface area (Å²) >= 11 is 0. The highest BCUT2D eigenvalue weighted by Gasteiger charge is 2.37. The van der Waals surface area contributed by atoms with Gasteiger partial charge in [0.1, 0.15) is 11.5 Å². The van der Waals surface area contributed by atoms with E-state index in [0.717, 1.165) is 0 Å². The molecule has 0 spiro atoms. The Morgan fingerprint density at radius 3 is 2.14 bits per heavy atom. The maximum atomic E-state index is 13.2. The second-order valence-electron chi connectivity index (χ2n) is 6.48. The summed E-state index contributed by atoms with van der Waals surface area (Å²) in [5.41, 5.74) is 5.63. The van der Waals surface area contributed by atoms with E-state index >= 15 is 0 Å². The molecule has 0 radical (unpaired) electrons. The number of hydrogen-bond acceptors (Lipinski definition) is 7. The molecule has 0 fully saturated rings. The Morgan fingerprint density at radius 2 is 1.45 bits per heavy atom. The van der Waals surface area contributed by atoms with Crippen LogP contribution in [0.5, 0.6) is 11.5 Å². The molecular weight excluding hydrogens is 376 g/mol. The van der Waals surface area contributed by atoms with Gasteiger partial charge in [0.25, 0.3) is 0 Å². The number of carboxylic acid groups (broad SMARTS) is 1. The summed E-state index contributed by atoms with van der Waals surface area (Å²) in [6.07, 6.45) is 0. The molecule has 0 unspecified atom stereocenters. The van der Waals surface area contributed by atoms with E-state index in [2.05, 4.69) is 5.32 Å². The molecule has 0 saturated heterocycles. The van der Waals surface area contributed by atoms with Gasteiger partial charge in [0.2, 0.25) is 11.6 Å². The first-order valence-corrected chi connectivity index (χ1v) is 8.46. The molecule has 3 aromatic rings. The van der Waals surface area contributed by atoms with Gasteiger partial charge in [-0.3, -0.25) is 9.59 Å². The van der Waals surface area contributed by atoms with Gasteiger partial charge in [0.05, 0.1) is 33.5 Å². The van der Waals surface area contributed by atoms with Crippen LogP contribution >= 0.6 is 0 Å². The second kappa shape index (κ2) is 6.38. The number of benzene rings is 3. The topological polar surface area (TPSA) is 150 Å². The Labute approximate surface area is 163 Å². The summed E-state index contributed by atoms with van der Waals surface area (Å²) in [4.78, 5) is 37.3. The fourth-order valence-electron chi connectivity index (χ4n) is 3.38. The second-order valence-corrected chi connectivity index (χ2v) is 6.48. The van der Waals surface area contributed by atoms with Crippen LogP contribution in [0.1, 0.15) is 42.2 Å². The molecule has 1 aliphatic rings. The van der Waals surface area contributed by atoms with Crippen molar-refractivity contribution in [1.29, 1.82) is 0 Å². The van der Waals surface area contributed by atoms with Crippen molar-refractivity contribution in [2.75, 3.05) is 11.1 Å². The monoisotopic (exact) mass is 390 g/mol. The number of phenols is 2. The van der Waals surface area contributed by atoms with E-state index in [0.29, 0.717) is 5.69 Å². The third kappa shape index (κ3) is 2.74. The number of fused-ring (bicyclic) bond motifs is 2. The predicted molar refractivity (Wildman–Crippen MR) is 104 cm³/mol. The normalized spacial score (nSPS) is 12.3. The first-order valence-electron chi connectivity index (χ1n) is 8.46. The Morgan fingerprint density at radius 1 is 0.828 bits per heavy atom. The summed E-state index contributed by atoms with van der Waals surface area (Å²) in [7, 11) is 0. The van der Waals surface area contributed by atoms with Crippen LogP contribution in [0.2, 0.25) is 0 Å². The fourth-order valence-corrected chi connectivity index (χ4v) is 3.38. The van der Waals surface area contributed by atoms with Crippen molar-refractivity contribution in [3.8, 4) is 11.5 Å². The first kappa shape index (κ1) is 18.1. The molecule has 0 aromatic heterocycles. The third-order valence-corrected chi connectivity index (χ3v) is 4.70. The summed E-state index contributed by atoms with van der Waals surface area (Å²) in [6.45, 7) is 0. The Kier molecular flexibility index (Phi) is 3.97. The third-order valence-electron chi connectivity index (χ3n) is 4.70. The standard InChI is InChI=1S/C21H14N2O6/c22-11-4-6-13(24)17-15(11)19(26)18-14(25)7-5-12(16(18)20(17)27)23-10-3-1-2-9(8-10)21(28)29/h1-8,23-25H,22H2,(H,28,29). The van der Waals surface area contributed by atoms with E-state index < -0.39 is 29.0 Å². The number of hydrogen-bond donors (Lipinski definition) is 5. The number of carbonyl (C=O) groups excluding carboxylic acids is 2. The van der Waals surface area contributed by atoms with Crippen molar-refractivity contribution in [3.05, 3.63) is 76.3 Å². The number of phenolic OH excluding ortho intramolecular Hbond substituents is 2. The van der Waals surface area contributed by atoms with Gasteiger partial charge in [-0.25, -0.2) is 4.79 Å². The van der Waals surface area contributed by atoms with E-state index in [1.165, 1.54) is 42.5 Å². The highest BCUT2D eigenvalue weighted by molar-refractivity contribution is 6.33. The van der Waals surface area contributed by atoms with Gasteiger partial charge in [-0.1, -0.05) is 6.07 Å². The van der Waals surface area contributed by atoms with Crippen LogP contribution in [0.4, 0.5) is 17.1 Å². The van der Waals surface area contributed by atoms with Crippen LogP contribution in [-0.4, -0.2) is 32.9 Å². The highest BCUT2D eigenvalue weighted by Crippen LogP contribution is 2.42. The number of rotatable bonds is 3. The minimum atomic E-state index is -1.12. The zero-order valence-corrected chi connectivity index (χ0v) is 14.8. The summed E-state index contributed by atoms with van der Waals surface area (Å²) in [5.74, 6) is -3.31. The summed E-state index contributed by atoms with van der Waals surface area (Å²) in [5, 5.41) is 32.5. The number of carboxylic acids is 1. The molecule has 0 saturated carbocycles. The van der Waals surface area contributed by atoms with E-state index in [1.807, 2.05) is 0 Å². The fraction of sp³-hybridized carbons (Fsp3) is 0. The number of nitrogens with one attached hydrogen (secondary N) is 1. The van der Waals surface area contributed by atoms with Gasteiger partial charge < -0.3 is 26.4 Å². The Balaban J connectivity index is 1.90. The molecule has 8 heteroatoms. The maximum Gasteiger partial charge on any atom is 0.335 e. The summed E-state index contributed by atoms with van der Waals surface area (Å²) in [6, 6.07) is 11.0. The van der Waals surface area contributed by atoms with Crippen molar-refractivity contribution < 1.29 is 29.7 Å². The first-order chi connectivity index (χ1) is 13.8. The minimum absolute atomic E-state index is 0.00808. The zero-order chi connectivity index (χ0) is 20.9. The van der Waals surface area contributed by atoms with E-state index in [-0.39, 0.29) is 39.2 Å². The lowest BCUT2D eigenvalue weighted by Gasteiger charge is -2.23. The molecule has 29 heavy (non-hydrogen) atoms.